The molecule has 7 aliphatic rings. The maximum absolute atomic E-state index is 3.96. The highest BCUT2D eigenvalue weighted by molar-refractivity contribution is 5.07. The van der Waals surface area contributed by atoms with Gasteiger partial charge in [0.15, 0.2) is 0 Å². The first-order valence-corrected chi connectivity index (χ1v) is 9.27. The van der Waals surface area contributed by atoms with Crippen LogP contribution in [0.3, 0.4) is 0 Å². The first kappa shape index (κ1) is 12.5. The molecule has 7 rings (SSSR count). The molecule has 0 atom stereocenters. The van der Waals surface area contributed by atoms with Crippen LogP contribution in [-0.2, 0) is 0 Å². The van der Waals surface area contributed by atoms with Crippen LogP contribution in [0.5, 0.6) is 0 Å². The van der Waals surface area contributed by atoms with Gasteiger partial charge in [-0.05, 0) is 101 Å². The minimum absolute atomic E-state index is 0.470. The van der Waals surface area contributed by atoms with Gasteiger partial charge >= 0.3 is 0 Å². The number of hydrazine groups is 1. The molecule has 0 saturated heterocycles. The number of nitrogens with one attached hydrogen (secondary N) is 2. The Morgan fingerprint density at radius 3 is 1.50 bits per heavy atom. The Bertz CT molecular complexity index is 345. The van der Waals surface area contributed by atoms with Gasteiger partial charge in [0.05, 0.1) is 0 Å². The molecule has 0 spiro atoms. The summed E-state index contributed by atoms with van der Waals surface area (Å²) in [7, 11) is 0. The van der Waals surface area contributed by atoms with Gasteiger partial charge in [-0.1, -0.05) is 0 Å². The Hall–Kier alpha value is -0.0800. The van der Waals surface area contributed by atoms with Crippen LogP contribution in [0.15, 0.2) is 0 Å². The van der Waals surface area contributed by atoms with Crippen molar-refractivity contribution in [2.24, 2.45) is 23.7 Å². The zero-order chi connectivity index (χ0) is 13.2. The number of rotatable bonds is 3. The molecule has 0 unspecified atom stereocenters. The normalized spacial score (nSPS) is 56.4. The maximum atomic E-state index is 3.96. The summed E-state index contributed by atoms with van der Waals surface area (Å²) in [6, 6.07) is 0. The van der Waals surface area contributed by atoms with Crippen molar-refractivity contribution in [3.05, 3.63) is 0 Å². The fourth-order valence-corrected chi connectivity index (χ4v) is 6.97. The average Bonchev–Trinajstić information content (AvgIpc) is 2.46. The second-order valence-electron chi connectivity index (χ2n) is 9.21. The average molecular weight is 274 g/mol. The predicted molar refractivity (Wildman–Crippen MR) is 81.1 cm³/mol. The smallest absolute Gasteiger partial charge is 0.0331 e. The van der Waals surface area contributed by atoms with Crippen molar-refractivity contribution in [3.8, 4) is 0 Å². The predicted octanol–water partition coefficient (Wildman–Crippen LogP) is 3.77. The van der Waals surface area contributed by atoms with E-state index in [0.29, 0.717) is 11.1 Å². The molecule has 0 aliphatic heterocycles. The molecule has 0 aromatic heterocycles. The van der Waals surface area contributed by atoms with Crippen molar-refractivity contribution in [2.75, 3.05) is 0 Å². The highest BCUT2D eigenvalue weighted by Crippen LogP contribution is 2.55. The number of fused-ring (bicyclic) bond motifs is 3. The van der Waals surface area contributed by atoms with E-state index in [-0.39, 0.29) is 0 Å². The molecule has 6 bridgehead atoms. The number of hydrogen-bond donors (Lipinski definition) is 2. The summed E-state index contributed by atoms with van der Waals surface area (Å²) >= 11 is 0. The van der Waals surface area contributed by atoms with Gasteiger partial charge in [-0.25, -0.2) is 0 Å². The molecule has 20 heavy (non-hydrogen) atoms. The van der Waals surface area contributed by atoms with Crippen molar-refractivity contribution < 1.29 is 0 Å². The lowest BCUT2D eigenvalue weighted by molar-refractivity contribution is -0.0408. The van der Waals surface area contributed by atoms with Crippen LogP contribution in [0.1, 0.15) is 77.0 Å². The Morgan fingerprint density at radius 2 is 1.00 bits per heavy atom. The molecule has 0 amide bonds. The van der Waals surface area contributed by atoms with Gasteiger partial charge in [-0.2, -0.15) is 0 Å². The molecule has 7 saturated carbocycles. The fourth-order valence-electron chi connectivity index (χ4n) is 6.97. The van der Waals surface area contributed by atoms with E-state index < -0.39 is 0 Å². The SMILES string of the molecule is C1CC2(NNC34CC5CC(CC(C5)C3)C4)CCC1CC2. The largest absolute Gasteiger partial charge is 0.251 e. The third-order valence-electron chi connectivity index (χ3n) is 7.72. The molecule has 0 radical (unpaired) electrons. The van der Waals surface area contributed by atoms with E-state index in [4.69, 9.17) is 0 Å². The molecular formula is C18H30N2. The third-order valence-corrected chi connectivity index (χ3v) is 7.72. The molecule has 0 aromatic rings. The van der Waals surface area contributed by atoms with E-state index in [2.05, 4.69) is 10.9 Å². The van der Waals surface area contributed by atoms with Crippen LogP contribution >= 0.6 is 0 Å². The maximum Gasteiger partial charge on any atom is 0.0331 e. The van der Waals surface area contributed by atoms with Gasteiger partial charge in [-0.3, -0.25) is 10.9 Å². The Labute approximate surface area is 123 Å². The minimum Gasteiger partial charge on any atom is -0.251 e. The number of hydrogen-bond acceptors (Lipinski definition) is 2. The lowest BCUT2D eigenvalue weighted by atomic mass is 9.53. The summed E-state index contributed by atoms with van der Waals surface area (Å²) in [5, 5.41) is 0. The van der Waals surface area contributed by atoms with Crippen molar-refractivity contribution in [2.45, 2.75) is 88.1 Å². The summed E-state index contributed by atoms with van der Waals surface area (Å²) in [4.78, 5) is 0. The van der Waals surface area contributed by atoms with E-state index in [0.717, 1.165) is 23.7 Å². The third kappa shape index (κ3) is 1.90. The molecule has 2 N–H and O–H groups in total. The van der Waals surface area contributed by atoms with Crippen LogP contribution in [-0.4, -0.2) is 11.1 Å². The molecule has 0 aromatic carbocycles. The van der Waals surface area contributed by atoms with E-state index >= 15 is 0 Å². The van der Waals surface area contributed by atoms with Gasteiger partial charge in [0.1, 0.15) is 0 Å². The van der Waals surface area contributed by atoms with E-state index in [1.807, 2.05) is 0 Å². The zero-order valence-corrected chi connectivity index (χ0v) is 12.8. The van der Waals surface area contributed by atoms with Gasteiger partial charge in [0.2, 0.25) is 0 Å². The zero-order valence-electron chi connectivity index (χ0n) is 12.8. The Morgan fingerprint density at radius 1 is 0.550 bits per heavy atom. The molecule has 7 aliphatic carbocycles. The van der Waals surface area contributed by atoms with Crippen LogP contribution < -0.4 is 10.9 Å². The summed E-state index contributed by atoms with van der Waals surface area (Å²) < 4.78 is 0. The monoisotopic (exact) mass is 274 g/mol. The minimum atomic E-state index is 0.470. The van der Waals surface area contributed by atoms with Gasteiger partial charge in [0.25, 0.3) is 0 Å². The molecule has 2 nitrogen and oxygen atoms in total. The molecule has 2 heteroatoms. The van der Waals surface area contributed by atoms with Gasteiger partial charge in [-0.15, -0.1) is 0 Å². The van der Waals surface area contributed by atoms with Crippen LogP contribution in [0.4, 0.5) is 0 Å². The van der Waals surface area contributed by atoms with E-state index in [1.54, 1.807) is 19.3 Å². The second-order valence-corrected chi connectivity index (χ2v) is 9.21. The quantitative estimate of drug-likeness (QED) is 0.766. The van der Waals surface area contributed by atoms with E-state index in [1.165, 1.54) is 57.8 Å². The molecular weight excluding hydrogens is 244 g/mol. The lowest BCUT2D eigenvalue weighted by Gasteiger charge is -2.58. The summed E-state index contributed by atoms with van der Waals surface area (Å²) in [5.74, 6) is 4.22. The molecule has 0 heterocycles. The van der Waals surface area contributed by atoms with Crippen molar-refractivity contribution in [1.82, 2.24) is 10.9 Å². The highest BCUT2D eigenvalue weighted by Gasteiger charge is 2.52. The Balaban J connectivity index is 1.30. The molecule has 7 fully saturated rings. The van der Waals surface area contributed by atoms with Crippen LogP contribution in [0.25, 0.3) is 0 Å². The Kier molecular flexibility index (Phi) is 2.63. The summed E-state index contributed by atoms with van der Waals surface area (Å²) in [6.07, 6.45) is 17.8. The first-order valence-electron chi connectivity index (χ1n) is 9.27. The fraction of sp³-hybridized carbons (Fsp3) is 1.00. The van der Waals surface area contributed by atoms with Crippen LogP contribution in [0.2, 0.25) is 0 Å². The van der Waals surface area contributed by atoms with Crippen molar-refractivity contribution in [1.29, 1.82) is 0 Å². The van der Waals surface area contributed by atoms with E-state index in [9.17, 15) is 0 Å². The highest BCUT2D eigenvalue weighted by atomic mass is 15.4. The molecule has 112 valence electrons. The first-order chi connectivity index (χ1) is 9.73. The summed E-state index contributed by atoms with van der Waals surface area (Å²) in [5.41, 5.74) is 8.85. The van der Waals surface area contributed by atoms with Crippen LogP contribution in [0, 0.1) is 23.7 Å². The van der Waals surface area contributed by atoms with Crippen molar-refractivity contribution >= 4 is 0 Å². The van der Waals surface area contributed by atoms with Gasteiger partial charge in [0, 0.05) is 11.1 Å². The summed E-state index contributed by atoms with van der Waals surface area (Å²) in [6.45, 7) is 0. The van der Waals surface area contributed by atoms with Gasteiger partial charge < -0.3 is 0 Å². The lowest BCUT2D eigenvalue weighted by Crippen LogP contribution is -2.67. The second kappa shape index (κ2) is 4.23. The van der Waals surface area contributed by atoms with Crippen molar-refractivity contribution in [3.63, 3.8) is 0 Å². The topological polar surface area (TPSA) is 24.1 Å². The standard InChI is InChI=1S/C18H30N2/c1-4-17(5-2-13(1)3-6-17)19-20-18-10-14-7-15(11-18)9-16(8-14)12-18/h13-16,19-20H,1-12H2.